The number of aryl methyl sites for hydroxylation is 1. The molecule has 0 radical (unpaired) electrons. The summed E-state index contributed by atoms with van der Waals surface area (Å²) in [6, 6.07) is 9.65. The summed E-state index contributed by atoms with van der Waals surface area (Å²) in [7, 11) is 0. The SMILES string of the molecule is Cc1ccc(F)c(NC(=O)NCCNc2ccccn2)c1. The summed E-state index contributed by atoms with van der Waals surface area (Å²) < 4.78 is 13.5. The number of anilines is 2. The highest BCUT2D eigenvalue weighted by atomic mass is 19.1. The van der Waals surface area contributed by atoms with Gasteiger partial charge in [0, 0.05) is 19.3 Å². The molecule has 2 amide bonds. The van der Waals surface area contributed by atoms with Gasteiger partial charge in [0.15, 0.2) is 0 Å². The first-order valence-electron chi connectivity index (χ1n) is 6.61. The molecule has 5 nitrogen and oxygen atoms in total. The molecule has 2 aromatic rings. The summed E-state index contributed by atoms with van der Waals surface area (Å²) in [6.07, 6.45) is 1.68. The molecule has 1 aromatic heterocycles. The number of carbonyl (C=O) groups excluding carboxylic acids is 1. The Morgan fingerprint density at radius 2 is 2.10 bits per heavy atom. The molecule has 1 aromatic carbocycles. The number of aromatic nitrogens is 1. The molecule has 1 heterocycles. The lowest BCUT2D eigenvalue weighted by atomic mass is 10.2. The summed E-state index contributed by atoms with van der Waals surface area (Å²) in [5.74, 6) is 0.284. The molecule has 2 rings (SSSR count). The van der Waals surface area contributed by atoms with Crippen LogP contribution in [0.1, 0.15) is 5.56 Å². The van der Waals surface area contributed by atoms with Crippen LogP contribution in [0.15, 0.2) is 42.6 Å². The van der Waals surface area contributed by atoms with Gasteiger partial charge in [-0.25, -0.2) is 14.2 Å². The molecule has 0 saturated heterocycles. The number of nitrogens with one attached hydrogen (secondary N) is 3. The van der Waals surface area contributed by atoms with Crippen LogP contribution in [0.5, 0.6) is 0 Å². The van der Waals surface area contributed by atoms with Crippen molar-refractivity contribution < 1.29 is 9.18 Å². The van der Waals surface area contributed by atoms with Crippen LogP contribution in [0.4, 0.5) is 20.7 Å². The van der Waals surface area contributed by atoms with Gasteiger partial charge in [0.25, 0.3) is 0 Å². The first-order chi connectivity index (χ1) is 10.1. The zero-order valence-corrected chi connectivity index (χ0v) is 11.7. The van der Waals surface area contributed by atoms with Crippen molar-refractivity contribution in [1.82, 2.24) is 10.3 Å². The number of benzene rings is 1. The molecule has 6 heteroatoms. The molecule has 21 heavy (non-hydrogen) atoms. The third kappa shape index (κ3) is 4.76. The van der Waals surface area contributed by atoms with Crippen LogP contribution in [0.2, 0.25) is 0 Å². The highest BCUT2D eigenvalue weighted by Gasteiger charge is 2.06. The van der Waals surface area contributed by atoms with Gasteiger partial charge in [0.2, 0.25) is 0 Å². The zero-order chi connectivity index (χ0) is 15.1. The number of halogens is 1. The maximum absolute atomic E-state index is 13.5. The number of carbonyl (C=O) groups is 1. The number of nitrogens with zero attached hydrogens (tertiary/aromatic N) is 1. The molecular formula is C15H17FN4O. The van der Waals surface area contributed by atoms with Gasteiger partial charge < -0.3 is 16.0 Å². The molecular weight excluding hydrogens is 271 g/mol. The topological polar surface area (TPSA) is 66.1 Å². The summed E-state index contributed by atoms with van der Waals surface area (Å²) in [4.78, 5) is 15.8. The van der Waals surface area contributed by atoms with Gasteiger partial charge in [-0.05, 0) is 36.8 Å². The van der Waals surface area contributed by atoms with Gasteiger partial charge >= 0.3 is 6.03 Å². The van der Waals surface area contributed by atoms with Crippen LogP contribution in [0.25, 0.3) is 0 Å². The van der Waals surface area contributed by atoms with Gasteiger partial charge in [-0.15, -0.1) is 0 Å². The van der Waals surface area contributed by atoms with Gasteiger partial charge in [0.05, 0.1) is 5.69 Å². The summed E-state index contributed by atoms with van der Waals surface area (Å²) in [6.45, 7) is 2.76. The predicted molar refractivity (Wildman–Crippen MR) is 80.9 cm³/mol. The highest BCUT2D eigenvalue weighted by Crippen LogP contribution is 2.15. The van der Waals surface area contributed by atoms with E-state index in [0.717, 1.165) is 11.4 Å². The van der Waals surface area contributed by atoms with E-state index in [1.165, 1.54) is 6.07 Å². The maximum atomic E-state index is 13.5. The van der Waals surface area contributed by atoms with E-state index in [0.29, 0.717) is 13.1 Å². The van der Waals surface area contributed by atoms with E-state index >= 15 is 0 Å². The van der Waals surface area contributed by atoms with Crippen LogP contribution in [0.3, 0.4) is 0 Å². The smallest absolute Gasteiger partial charge is 0.319 e. The molecule has 0 spiro atoms. The van der Waals surface area contributed by atoms with Crippen LogP contribution in [0, 0.1) is 12.7 Å². The number of hydrogen-bond donors (Lipinski definition) is 3. The van der Waals surface area contributed by atoms with Crippen molar-refractivity contribution >= 4 is 17.5 Å². The second-order valence-corrected chi connectivity index (χ2v) is 4.51. The molecule has 110 valence electrons. The van der Waals surface area contributed by atoms with Crippen LogP contribution < -0.4 is 16.0 Å². The molecule has 0 aliphatic heterocycles. The van der Waals surface area contributed by atoms with Crippen molar-refractivity contribution in [3.05, 3.63) is 54.0 Å². The summed E-state index contributed by atoms with van der Waals surface area (Å²) in [5, 5.41) is 8.18. The maximum Gasteiger partial charge on any atom is 0.319 e. The average molecular weight is 288 g/mol. The van der Waals surface area contributed by atoms with E-state index in [-0.39, 0.29) is 5.69 Å². The Hall–Kier alpha value is -2.63. The van der Waals surface area contributed by atoms with E-state index < -0.39 is 11.8 Å². The monoisotopic (exact) mass is 288 g/mol. The first kappa shape index (κ1) is 14.8. The lowest BCUT2D eigenvalue weighted by Gasteiger charge is -2.10. The molecule has 0 aliphatic carbocycles. The molecule has 0 saturated carbocycles. The van der Waals surface area contributed by atoms with Crippen LogP contribution in [-0.4, -0.2) is 24.1 Å². The zero-order valence-electron chi connectivity index (χ0n) is 11.7. The van der Waals surface area contributed by atoms with Gasteiger partial charge in [-0.2, -0.15) is 0 Å². The van der Waals surface area contributed by atoms with Gasteiger partial charge in [0.1, 0.15) is 11.6 Å². The van der Waals surface area contributed by atoms with E-state index in [9.17, 15) is 9.18 Å². The van der Waals surface area contributed by atoms with Crippen LogP contribution >= 0.6 is 0 Å². The van der Waals surface area contributed by atoms with Crippen LogP contribution in [-0.2, 0) is 0 Å². The normalized spacial score (nSPS) is 10.0. The minimum atomic E-state index is -0.456. The van der Waals surface area contributed by atoms with Crippen molar-refractivity contribution in [2.45, 2.75) is 6.92 Å². The molecule has 0 fully saturated rings. The van der Waals surface area contributed by atoms with E-state index in [4.69, 9.17) is 0 Å². The fourth-order valence-electron chi connectivity index (χ4n) is 1.74. The molecule has 0 unspecified atom stereocenters. The molecule has 3 N–H and O–H groups in total. The van der Waals surface area contributed by atoms with Crippen molar-refractivity contribution in [3.63, 3.8) is 0 Å². The summed E-state index contributed by atoms with van der Waals surface area (Å²) in [5.41, 5.74) is 1.05. The average Bonchev–Trinajstić information content (AvgIpc) is 2.48. The first-order valence-corrected chi connectivity index (χ1v) is 6.61. The van der Waals surface area contributed by atoms with Gasteiger partial charge in [-0.3, -0.25) is 0 Å². The molecule has 0 bridgehead atoms. The van der Waals surface area contributed by atoms with E-state index in [1.807, 2.05) is 25.1 Å². The number of amides is 2. The molecule has 0 aliphatic rings. The quantitative estimate of drug-likeness (QED) is 0.741. The number of rotatable bonds is 5. The fourth-order valence-corrected chi connectivity index (χ4v) is 1.74. The Morgan fingerprint density at radius 1 is 1.24 bits per heavy atom. The van der Waals surface area contributed by atoms with Crippen molar-refractivity contribution in [3.8, 4) is 0 Å². The standard InChI is InChI=1S/C15H17FN4O/c1-11-5-6-12(16)13(10-11)20-15(21)19-9-8-18-14-4-2-3-7-17-14/h2-7,10H,8-9H2,1H3,(H,17,18)(H2,19,20,21). The number of pyridine rings is 1. The third-order valence-corrected chi connectivity index (χ3v) is 2.75. The Kier molecular flexibility index (Phi) is 5.09. The summed E-state index contributed by atoms with van der Waals surface area (Å²) >= 11 is 0. The second-order valence-electron chi connectivity index (χ2n) is 4.51. The number of hydrogen-bond acceptors (Lipinski definition) is 3. The van der Waals surface area contributed by atoms with Gasteiger partial charge in [-0.1, -0.05) is 12.1 Å². The van der Waals surface area contributed by atoms with E-state index in [1.54, 1.807) is 18.3 Å². The Bertz CT molecular complexity index is 604. The minimum Gasteiger partial charge on any atom is -0.368 e. The third-order valence-electron chi connectivity index (χ3n) is 2.75. The van der Waals surface area contributed by atoms with E-state index in [2.05, 4.69) is 20.9 Å². The second kappa shape index (κ2) is 7.23. The largest absolute Gasteiger partial charge is 0.368 e. The lowest BCUT2D eigenvalue weighted by Crippen LogP contribution is -2.33. The Labute approximate surface area is 122 Å². The fraction of sp³-hybridized carbons (Fsp3) is 0.200. The van der Waals surface area contributed by atoms with Crippen molar-refractivity contribution in [2.75, 3.05) is 23.7 Å². The Balaban J connectivity index is 1.74. The van der Waals surface area contributed by atoms with Crippen molar-refractivity contribution in [1.29, 1.82) is 0 Å². The minimum absolute atomic E-state index is 0.171. The Morgan fingerprint density at radius 3 is 2.86 bits per heavy atom. The van der Waals surface area contributed by atoms with Crippen molar-refractivity contribution in [2.24, 2.45) is 0 Å². The lowest BCUT2D eigenvalue weighted by molar-refractivity contribution is 0.252. The predicted octanol–water partition coefficient (Wildman–Crippen LogP) is 2.76. The molecule has 0 atom stereocenters. The number of urea groups is 1. The highest BCUT2D eigenvalue weighted by molar-refractivity contribution is 5.89.